The van der Waals surface area contributed by atoms with Gasteiger partial charge in [-0.3, -0.25) is 4.79 Å². The van der Waals surface area contributed by atoms with Gasteiger partial charge >= 0.3 is 0 Å². The van der Waals surface area contributed by atoms with E-state index in [0.717, 1.165) is 12.8 Å². The van der Waals surface area contributed by atoms with Crippen LogP contribution in [0.25, 0.3) is 0 Å². The van der Waals surface area contributed by atoms with Crippen molar-refractivity contribution in [3.8, 4) is 6.07 Å². The number of nitrogens with zero attached hydrogens (tertiary/aromatic N) is 1. The Morgan fingerprint density at radius 3 is 2.54 bits per heavy atom. The first kappa shape index (κ1) is 25.8. The Morgan fingerprint density at radius 1 is 1.08 bits per heavy atom. The summed E-state index contributed by atoms with van der Waals surface area (Å²) in [5, 5.41) is 12.6. The fourth-order valence-corrected chi connectivity index (χ4v) is 5.21. The van der Waals surface area contributed by atoms with Crippen molar-refractivity contribution >= 4 is 5.91 Å². The van der Waals surface area contributed by atoms with Crippen molar-refractivity contribution in [2.75, 3.05) is 6.54 Å². The molecule has 1 saturated heterocycles. The molecule has 7 nitrogen and oxygen atoms in total. The molecule has 196 valence electrons. The van der Waals surface area contributed by atoms with Gasteiger partial charge in [-0.15, -0.1) is 0 Å². The predicted octanol–water partition coefficient (Wildman–Crippen LogP) is 4.38. The maximum atomic E-state index is 14.3. The van der Waals surface area contributed by atoms with E-state index in [-0.39, 0.29) is 37.8 Å². The summed E-state index contributed by atoms with van der Waals surface area (Å²) in [6.45, 7) is 4.37. The SMILES string of the molecule is CC1(C)O[C@H]2[C@H](OCc3ccccc3F)C[C@](OCc3ccccc3C#N)(C(=O)NCC3CC3)C[C@H]2O1. The van der Waals surface area contributed by atoms with Crippen LogP contribution in [0.4, 0.5) is 4.39 Å². The van der Waals surface area contributed by atoms with Crippen LogP contribution >= 0.6 is 0 Å². The van der Waals surface area contributed by atoms with Gasteiger partial charge in [-0.25, -0.2) is 4.39 Å². The van der Waals surface area contributed by atoms with Gasteiger partial charge in [0.15, 0.2) is 11.4 Å². The molecule has 1 N–H and O–H groups in total. The number of benzene rings is 2. The predicted molar refractivity (Wildman–Crippen MR) is 132 cm³/mol. The Labute approximate surface area is 216 Å². The van der Waals surface area contributed by atoms with Crippen LogP contribution in [0.2, 0.25) is 0 Å². The number of rotatable bonds is 9. The van der Waals surface area contributed by atoms with Gasteiger partial charge in [0.1, 0.15) is 11.9 Å². The highest BCUT2D eigenvalue weighted by Gasteiger charge is 2.58. The summed E-state index contributed by atoms with van der Waals surface area (Å²) in [6.07, 6.45) is 1.26. The van der Waals surface area contributed by atoms with E-state index in [4.69, 9.17) is 18.9 Å². The summed E-state index contributed by atoms with van der Waals surface area (Å²) < 4.78 is 39.4. The summed E-state index contributed by atoms with van der Waals surface area (Å²) in [5.74, 6) is -0.936. The number of nitrogens with one attached hydrogen (secondary N) is 1. The molecule has 37 heavy (non-hydrogen) atoms. The van der Waals surface area contributed by atoms with E-state index in [1.54, 1.807) is 30.3 Å². The van der Waals surface area contributed by atoms with Crippen LogP contribution in [-0.2, 0) is 37.0 Å². The van der Waals surface area contributed by atoms with Crippen LogP contribution in [0.1, 0.15) is 56.2 Å². The van der Waals surface area contributed by atoms with Gasteiger partial charge in [-0.2, -0.15) is 5.26 Å². The first-order valence-corrected chi connectivity index (χ1v) is 12.9. The fourth-order valence-electron chi connectivity index (χ4n) is 5.21. The van der Waals surface area contributed by atoms with Gasteiger partial charge < -0.3 is 24.3 Å². The third-order valence-electron chi connectivity index (χ3n) is 7.36. The molecular formula is C29H33FN2O5. The largest absolute Gasteiger partial charge is 0.370 e. The first-order valence-electron chi connectivity index (χ1n) is 12.9. The van der Waals surface area contributed by atoms with Gasteiger partial charge in [-0.1, -0.05) is 36.4 Å². The van der Waals surface area contributed by atoms with Crippen LogP contribution in [0.5, 0.6) is 0 Å². The molecule has 1 amide bonds. The Kier molecular flexibility index (Phi) is 7.32. The zero-order valence-corrected chi connectivity index (χ0v) is 21.2. The van der Waals surface area contributed by atoms with Gasteiger partial charge in [0.05, 0.1) is 37.1 Å². The van der Waals surface area contributed by atoms with Gasteiger partial charge in [0.25, 0.3) is 5.91 Å². The summed E-state index contributed by atoms with van der Waals surface area (Å²) >= 11 is 0. The molecule has 1 aliphatic heterocycles. The van der Waals surface area contributed by atoms with E-state index < -0.39 is 29.7 Å². The summed E-state index contributed by atoms with van der Waals surface area (Å²) in [4.78, 5) is 13.7. The van der Waals surface area contributed by atoms with Crippen LogP contribution in [0, 0.1) is 23.1 Å². The van der Waals surface area contributed by atoms with Crippen LogP contribution in [0.3, 0.4) is 0 Å². The quantitative estimate of drug-likeness (QED) is 0.541. The van der Waals surface area contributed by atoms with E-state index in [1.807, 2.05) is 26.0 Å². The number of hydrogen-bond donors (Lipinski definition) is 1. The normalized spacial score (nSPS) is 28.3. The first-order chi connectivity index (χ1) is 17.8. The molecule has 2 saturated carbocycles. The van der Waals surface area contributed by atoms with Crippen LogP contribution in [0.15, 0.2) is 48.5 Å². The Balaban J connectivity index is 1.42. The standard InChI is InChI=1S/C29H33FN2O5/c1-28(2)36-25-14-29(27(33)32-16-19-11-12-19,35-18-21-8-4-3-7-20(21)15-31)13-24(26(25)37-28)34-17-22-9-5-6-10-23(22)30/h3-10,19,24-26H,11-14,16-18H2,1-2H3,(H,32,33)/t24-,25-,26+,29-/m1/s1. The van der Waals surface area contributed by atoms with Crippen molar-refractivity contribution in [1.29, 1.82) is 5.26 Å². The molecular weight excluding hydrogens is 475 g/mol. The zero-order chi connectivity index (χ0) is 26.0. The molecule has 8 heteroatoms. The smallest absolute Gasteiger partial charge is 0.252 e. The summed E-state index contributed by atoms with van der Waals surface area (Å²) in [6, 6.07) is 15.8. The highest BCUT2D eigenvalue weighted by atomic mass is 19.1. The molecule has 4 atom stereocenters. The van der Waals surface area contributed by atoms with Crippen molar-refractivity contribution in [1.82, 2.24) is 5.32 Å². The van der Waals surface area contributed by atoms with Crippen LogP contribution in [-0.4, -0.2) is 42.2 Å². The van der Waals surface area contributed by atoms with Crippen molar-refractivity contribution in [3.63, 3.8) is 0 Å². The lowest BCUT2D eigenvalue weighted by Gasteiger charge is -2.43. The average molecular weight is 509 g/mol. The second-order valence-corrected chi connectivity index (χ2v) is 10.7. The molecule has 2 aromatic carbocycles. The molecule has 0 bridgehead atoms. The number of hydrogen-bond acceptors (Lipinski definition) is 6. The van der Waals surface area contributed by atoms with E-state index >= 15 is 0 Å². The van der Waals surface area contributed by atoms with Crippen molar-refractivity contribution < 1.29 is 28.1 Å². The number of ether oxygens (including phenoxy) is 4. The van der Waals surface area contributed by atoms with E-state index in [2.05, 4.69) is 11.4 Å². The Hall–Kier alpha value is -2.83. The maximum Gasteiger partial charge on any atom is 0.252 e. The topological polar surface area (TPSA) is 89.8 Å². The van der Waals surface area contributed by atoms with Crippen molar-refractivity contribution in [3.05, 3.63) is 71.0 Å². The van der Waals surface area contributed by atoms with Crippen molar-refractivity contribution in [2.24, 2.45) is 5.92 Å². The second-order valence-electron chi connectivity index (χ2n) is 10.7. The minimum absolute atomic E-state index is 0.0292. The molecule has 2 aliphatic carbocycles. The molecule has 0 aromatic heterocycles. The molecule has 1 heterocycles. The lowest BCUT2D eigenvalue weighted by molar-refractivity contribution is -0.183. The number of carbonyl (C=O) groups is 1. The van der Waals surface area contributed by atoms with Gasteiger partial charge in [0.2, 0.25) is 0 Å². The third kappa shape index (κ3) is 5.86. The fraction of sp³-hybridized carbons (Fsp3) is 0.517. The summed E-state index contributed by atoms with van der Waals surface area (Å²) in [7, 11) is 0. The Bertz CT molecular complexity index is 1180. The average Bonchev–Trinajstić information content (AvgIpc) is 3.66. The second kappa shape index (κ2) is 10.5. The molecule has 0 unspecified atom stereocenters. The van der Waals surface area contributed by atoms with Crippen LogP contribution < -0.4 is 5.32 Å². The minimum atomic E-state index is -1.26. The lowest BCUT2D eigenvalue weighted by Crippen LogP contribution is -2.60. The molecule has 3 aliphatic rings. The van der Waals surface area contributed by atoms with Crippen molar-refractivity contribution in [2.45, 2.75) is 82.4 Å². The minimum Gasteiger partial charge on any atom is -0.370 e. The van der Waals surface area contributed by atoms with E-state index in [1.165, 1.54) is 6.07 Å². The highest BCUT2D eigenvalue weighted by Crippen LogP contribution is 2.44. The molecule has 0 spiro atoms. The maximum absolute atomic E-state index is 14.3. The van der Waals surface area contributed by atoms with E-state index in [0.29, 0.717) is 29.2 Å². The number of carbonyl (C=O) groups excluding carboxylic acids is 1. The number of halogens is 1. The van der Waals surface area contributed by atoms with E-state index in [9.17, 15) is 14.4 Å². The van der Waals surface area contributed by atoms with Gasteiger partial charge in [-0.05, 0) is 50.3 Å². The number of amides is 1. The summed E-state index contributed by atoms with van der Waals surface area (Å²) in [5.41, 5.74) is 0.366. The zero-order valence-electron chi connectivity index (χ0n) is 21.2. The monoisotopic (exact) mass is 508 g/mol. The molecule has 5 rings (SSSR count). The third-order valence-corrected chi connectivity index (χ3v) is 7.36. The molecule has 3 fully saturated rings. The van der Waals surface area contributed by atoms with Gasteiger partial charge in [0, 0.05) is 24.9 Å². The Morgan fingerprint density at radius 2 is 1.81 bits per heavy atom. The number of fused-ring (bicyclic) bond motifs is 1. The number of nitriles is 1. The lowest BCUT2D eigenvalue weighted by atomic mass is 9.78. The molecule has 2 aromatic rings. The molecule has 0 radical (unpaired) electrons. The highest BCUT2D eigenvalue weighted by molar-refractivity contribution is 5.85.